The largest absolute Gasteiger partial charge is 0.385 e. The predicted molar refractivity (Wildman–Crippen MR) is 76.1 cm³/mol. The molecule has 0 amide bonds. The van der Waals surface area contributed by atoms with Crippen LogP contribution in [-0.2, 0) is 4.74 Å². The fourth-order valence-electron chi connectivity index (χ4n) is 2.57. The molecule has 0 radical (unpaired) electrons. The van der Waals surface area contributed by atoms with E-state index in [1.54, 1.807) is 0 Å². The Balaban J connectivity index is 2.02. The number of aryl methyl sites for hydroxylation is 2. The van der Waals surface area contributed by atoms with Crippen molar-refractivity contribution in [2.24, 2.45) is 10.7 Å². The molecule has 0 atom stereocenters. The molecule has 0 bridgehead atoms. The van der Waals surface area contributed by atoms with Gasteiger partial charge in [-0.25, -0.2) is 4.99 Å². The molecule has 0 unspecified atom stereocenters. The molecule has 18 heavy (non-hydrogen) atoms. The Hall–Kier alpha value is -1.07. The molecule has 1 fully saturated rings. The summed E-state index contributed by atoms with van der Waals surface area (Å²) in [4.78, 5) is 6.63. The second-order valence-electron chi connectivity index (χ2n) is 5.03. The fourth-order valence-corrected chi connectivity index (χ4v) is 2.80. The molecule has 2 aliphatic heterocycles. The van der Waals surface area contributed by atoms with Crippen molar-refractivity contribution in [1.29, 1.82) is 0 Å². The van der Waals surface area contributed by atoms with E-state index in [0.29, 0.717) is 25.7 Å². The minimum Gasteiger partial charge on any atom is -0.385 e. The first-order chi connectivity index (χ1) is 8.54. The first-order valence-electron chi connectivity index (χ1n) is 5.97. The number of hydrogen-bond acceptors (Lipinski definition) is 4. The zero-order valence-corrected chi connectivity index (χ0v) is 12.1. The van der Waals surface area contributed by atoms with E-state index in [2.05, 4.69) is 51.8 Å². The molecule has 0 aliphatic carbocycles. The van der Waals surface area contributed by atoms with Crippen LogP contribution in [0.25, 0.3) is 0 Å². The molecule has 1 saturated heterocycles. The van der Waals surface area contributed by atoms with Gasteiger partial charge >= 0.3 is 0 Å². The first-order valence-corrected chi connectivity index (χ1v) is 6.76. The van der Waals surface area contributed by atoms with Gasteiger partial charge < -0.3 is 15.4 Å². The van der Waals surface area contributed by atoms with Crippen molar-refractivity contribution in [2.75, 3.05) is 24.8 Å². The lowest BCUT2D eigenvalue weighted by Crippen LogP contribution is -2.66. The molecular formula is C13H16BrN3O. The highest BCUT2D eigenvalue weighted by molar-refractivity contribution is 9.10. The van der Waals surface area contributed by atoms with Gasteiger partial charge in [-0.3, -0.25) is 0 Å². The maximum atomic E-state index is 6.03. The number of hydrogen-bond donors (Lipinski definition) is 1. The van der Waals surface area contributed by atoms with Gasteiger partial charge in [0.05, 0.1) is 13.2 Å². The van der Waals surface area contributed by atoms with Crippen molar-refractivity contribution in [3.8, 4) is 0 Å². The highest BCUT2D eigenvalue weighted by atomic mass is 79.9. The van der Waals surface area contributed by atoms with Crippen LogP contribution in [0.4, 0.5) is 5.69 Å². The van der Waals surface area contributed by atoms with Crippen molar-refractivity contribution in [1.82, 2.24) is 0 Å². The summed E-state index contributed by atoms with van der Waals surface area (Å²) < 4.78 is 6.52. The van der Waals surface area contributed by atoms with E-state index in [9.17, 15) is 0 Å². The third-order valence-corrected chi connectivity index (χ3v) is 5.04. The van der Waals surface area contributed by atoms with Gasteiger partial charge in [0.15, 0.2) is 0 Å². The Morgan fingerprint density at radius 1 is 1.33 bits per heavy atom. The van der Waals surface area contributed by atoms with E-state index in [1.165, 1.54) is 21.3 Å². The SMILES string of the molecule is Cc1cc(N2CN=C(N)C23COC3)cc(C)c1Br. The first kappa shape index (κ1) is 12.0. The molecule has 96 valence electrons. The van der Waals surface area contributed by atoms with Crippen molar-refractivity contribution >= 4 is 27.5 Å². The van der Waals surface area contributed by atoms with Crippen LogP contribution in [0.3, 0.4) is 0 Å². The van der Waals surface area contributed by atoms with Crippen LogP contribution in [0, 0.1) is 13.8 Å². The number of aliphatic imine (C=N–C) groups is 1. The van der Waals surface area contributed by atoms with Crippen molar-refractivity contribution in [2.45, 2.75) is 19.4 Å². The predicted octanol–water partition coefficient (Wildman–Crippen LogP) is 1.97. The maximum Gasteiger partial charge on any atom is 0.146 e. The molecule has 2 aliphatic rings. The van der Waals surface area contributed by atoms with Crippen molar-refractivity contribution in [3.05, 3.63) is 27.7 Å². The molecule has 5 heteroatoms. The summed E-state index contributed by atoms with van der Waals surface area (Å²) in [7, 11) is 0. The number of halogens is 1. The third-order valence-electron chi connectivity index (χ3n) is 3.79. The molecule has 0 saturated carbocycles. The Labute approximate surface area is 115 Å². The third kappa shape index (κ3) is 1.50. The van der Waals surface area contributed by atoms with Gasteiger partial charge in [-0.05, 0) is 37.1 Å². The lowest BCUT2D eigenvalue weighted by atomic mass is 9.94. The molecule has 4 nitrogen and oxygen atoms in total. The average molecular weight is 310 g/mol. The summed E-state index contributed by atoms with van der Waals surface area (Å²) in [5, 5.41) is 0. The van der Waals surface area contributed by atoms with Crippen LogP contribution >= 0.6 is 15.9 Å². The van der Waals surface area contributed by atoms with E-state index >= 15 is 0 Å². The van der Waals surface area contributed by atoms with Crippen LogP contribution in [-0.4, -0.2) is 31.3 Å². The van der Waals surface area contributed by atoms with Gasteiger partial charge in [0.25, 0.3) is 0 Å². The number of nitrogens with two attached hydrogens (primary N) is 1. The molecule has 3 rings (SSSR count). The Kier molecular flexibility index (Phi) is 2.64. The Morgan fingerprint density at radius 2 is 1.94 bits per heavy atom. The quantitative estimate of drug-likeness (QED) is 0.863. The van der Waals surface area contributed by atoms with E-state index in [1.807, 2.05) is 0 Å². The molecule has 1 aromatic rings. The van der Waals surface area contributed by atoms with E-state index < -0.39 is 0 Å². The standard InChI is InChI=1S/C13H16BrN3O/c1-8-3-10(4-9(2)11(8)14)17-7-16-12(15)13(17)5-18-6-13/h3-4H,5-7H2,1-2H3,(H2,15,16). The minimum absolute atomic E-state index is 0.202. The molecule has 1 spiro atoms. The number of rotatable bonds is 1. The van der Waals surface area contributed by atoms with Gasteiger partial charge in [0, 0.05) is 10.2 Å². The molecule has 0 aromatic heterocycles. The van der Waals surface area contributed by atoms with E-state index in [0.717, 1.165) is 0 Å². The second-order valence-corrected chi connectivity index (χ2v) is 5.82. The lowest BCUT2D eigenvalue weighted by Gasteiger charge is -2.45. The summed E-state index contributed by atoms with van der Waals surface area (Å²) >= 11 is 3.60. The number of nitrogens with zero attached hydrogens (tertiary/aromatic N) is 2. The summed E-state index contributed by atoms with van der Waals surface area (Å²) in [6, 6.07) is 4.34. The van der Waals surface area contributed by atoms with Crippen LogP contribution in [0.2, 0.25) is 0 Å². The smallest absolute Gasteiger partial charge is 0.146 e. The summed E-state index contributed by atoms with van der Waals surface area (Å²) in [6.07, 6.45) is 0. The topological polar surface area (TPSA) is 50.8 Å². The van der Waals surface area contributed by atoms with E-state index in [-0.39, 0.29) is 5.54 Å². The van der Waals surface area contributed by atoms with Crippen molar-refractivity contribution < 1.29 is 4.74 Å². The average Bonchev–Trinajstić information content (AvgIpc) is 2.62. The van der Waals surface area contributed by atoms with Gasteiger partial charge in [-0.1, -0.05) is 15.9 Å². The van der Waals surface area contributed by atoms with Gasteiger partial charge in [0.2, 0.25) is 0 Å². The fraction of sp³-hybridized carbons (Fsp3) is 0.462. The van der Waals surface area contributed by atoms with Crippen LogP contribution in [0.5, 0.6) is 0 Å². The van der Waals surface area contributed by atoms with Gasteiger partial charge in [-0.15, -0.1) is 0 Å². The molecular weight excluding hydrogens is 294 g/mol. The Morgan fingerprint density at radius 3 is 2.44 bits per heavy atom. The van der Waals surface area contributed by atoms with Gasteiger partial charge in [0.1, 0.15) is 18.0 Å². The summed E-state index contributed by atoms with van der Waals surface area (Å²) in [5.41, 5.74) is 9.45. The zero-order valence-electron chi connectivity index (χ0n) is 10.5. The second kappa shape index (κ2) is 3.96. The number of benzene rings is 1. The van der Waals surface area contributed by atoms with Crippen LogP contribution < -0.4 is 10.6 Å². The van der Waals surface area contributed by atoms with Gasteiger partial charge in [-0.2, -0.15) is 0 Å². The van der Waals surface area contributed by atoms with Crippen molar-refractivity contribution in [3.63, 3.8) is 0 Å². The number of anilines is 1. The highest BCUT2D eigenvalue weighted by Gasteiger charge is 2.51. The maximum absolute atomic E-state index is 6.03. The zero-order chi connectivity index (χ0) is 12.9. The van der Waals surface area contributed by atoms with Crippen LogP contribution in [0.15, 0.2) is 21.6 Å². The molecule has 2 heterocycles. The minimum atomic E-state index is -0.202. The normalized spacial score (nSPS) is 21.1. The highest BCUT2D eigenvalue weighted by Crippen LogP contribution is 2.36. The number of ether oxygens (including phenoxy) is 1. The monoisotopic (exact) mass is 309 g/mol. The Bertz CT molecular complexity index is 514. The lowest BCUT2D eigenvalue weighted by molar-refractivity contribution is -0.0186. The van der Waals surface area contributed by atoms with E-state index in [4.69, 9.17) is 10.5 Å². The summed E-state index contributed by atoms with van der Waals surface area (Å²) in [5.74, 6) is 0.701. The van der Waals surface area contributed by atoms with Crippen LogP contribution in [0.1, 0.15) is 11.1 Å². The number of amidine groups is 1. The summed E-state index contributed by atoms with van der Waals surface area (Å²) in [6.45, 7) is 6.10. The molecule has 2 N–H and O–H groups in total. The molecule has 1 aromatic carbocycles.